The van der Waals surface area contributed by atoms with E-state index in [-0.39, 0.29) is 11.9 Å². The van der Waals surface area contributed by atoms with Gasteiger partial charge in [0.15, 0.2) is 11.5 Å². The molecule has 21 heavy (non-hydrogen) atoms. The molecule has 0 saturated carbocycles. The minimum absolute atomic E-state index is 0.0289. The summed E-state index contributed by atoms with van der Waals surface area (Å²) in [4.78, 5) is 12.0. The molecule has 0 bridgehead atoms. The highest BCUT2D eigenvalue weighted by Crippen LogP contribution is 2.40. The lowest BCUT2D eigenvalue weighted by molar-refractivity contribution is -0.121. The Morgan fingerprint density at radius 3 is 2.33 bits per heavy atom. The minimum Gasteiger partial charge on any atom is -0.493 e. The van der Waals surface area contributed by atoms with Gasteiger partial charge in [0.05, 0.1) is 21.3 Å². The maximum Gasteiger partial charge on any atom is 0.242 e. The standard InChI is InChI=1S/C15H22N2O4/c1-19-12-8-10(9-13(20-2)14(12)21-3)17-11-6-4-5-7-16-15(11)18/h8-9,11,17H,4-7H2,1-3H3,(H,16,18)/t11-/m1/s1. The number of carbonyl (C=O) groups excluding carboxylic acids is 1. The topological polar surface area (TPSA) is 68.8 Å². The third-order valence-electron chi connectivity index (χ3n) is 3.54. The van der Waals surface area contributed by atoms with E-state index in [1.165, 1.54) is 0 Å². The van der Waals surface area contributed by atoms with Gasteiger partial charge >= 0.3 is 0 Å². The maximum absolute atomic E-state index is 12.0. The van der Waals surface area contributed by atoms with Gasteiger partial charge < -0.3 is 24.8 Å². The van der Waals surface area contributed by atoms with E-state index >= 15 is 0 Å². The fraction of sp³-hybridized carbons (Fsp3) is 0.533. The van der Waals surface area contributed by atoms with Crippen LogP contribution in [-0.2, 0) is 4.79 Å². The summed E-state index contributed by atoms with van der Waals surface area (Å²) < 4.78 is 15.9. The number of benzene rings is 1. The molecular weight excluding hydrogens is 272 g/mol. The lowest BCUT2D eigenvalue weighted by atomic mass is 10.1. The molecule has 6 nitrogen and oxygen atoms in total. The van der Waals surface area contributed by atoms with E-state index in [0.717, 1.165) is 31.5 Å². The minimum atomic E-state index is -0.240. The molecule has 1 heterocycles. The zero-order valence-corrected chi connectivity index (χ0v) is 12.7. The van der Waals surface area contributed by atoms with Gasteiger partial charge in [0.1, 0.15) is 6.04 Å². The van der Waals surface area contributed by atoms with Crippen molar-refractivity contribution in [3.63, 3.8) is 0 Å². The first kappa shape index (κ1) is 15.3. The molecule has 0 spiro atoms. The van der Waals surface area contributed by atoms with E-state index in [2.05, 4.69) is 10.6 Å². The first-order chi connectivity index (χ1) is 10.2. The molecule has 0 radical (unpaired) electrons. The third-order valence-corrected chi connectivity index (χ3v) is 3.54. The Labute approximate surface area is 124 Å². The molecule has 0 unspecified atom stereocenters. The highest BCUT2D eigenvalue weighted by Gasteiger charge is 2.21. The number of methoxy groups -OCH3 is 3. The molecule has 1 fully saturated rings. The number of anilines is 1. The van der Waals surface area contributed by atoms with Crippen LogP contribution < -0.4 is 24.8 Å². The molecule has 2 N–H and O–H groups in total. The van der Waals surface area contributed by atoms with E-state index < -0.39 is 0 Å². The van der Waals surface area contributed by atoms with Crippen molar-refractivity contribution >= 4 is 11.6 Å². The normalized spacial score (nSPS) is 18.4. The first-order valence-electron chi connectivity index (χ1n) is 7.04. The summed E-state index contributed by atoms with van der Waals surface area (Å²) >= 11 is 0. The second kappa shape index (κ2) is 7.06. The lowest BCUT2D eigenvalue weighted by Crippen LogP contribution is -2.37. The summed E-state index contributed by atoms with van der Waals surface area (Å²) in [7, 11) is 4.70. The third kappa shape index (κ3) is 3.51. The highest BCUT2D eigenvalue weighted by atomic mass is 16.5. The van der Waals surface area contributed by atoms with Crippen LogP contribution in [0.1, 0.15) is 19.3 Å². The molecular formula is C15H22N2O4. The van der Waals surface area contributed by atoms with Crippen molar-refractivity contribution in [1.82, 2.24) is 5.32 Å². The summed E-state index contributed by atoms with van der Waals surface area (Å²) in [5.74, 6) is 1.69. The van der Waals surface area contributed by atoms with E-state index in [1.54, 1.807) is 33.5 Å². The number of ether oxygens (including phenoxy) is 3. The van der Waals surface area contributed by atoms with Gasteiger partial charge in [-0.2, -0.15) is 0 Å². The Bertz CT molecular complexity index is 479. The van der Waals surface area contributed by atoms with Crippen molar-refractivity contribution in [3.8, 4) is 17.2 Å². The SMILES string of the molecule is COc1cc(N[C@@H]2CCCCNC2=O)cc(OC)c1OC. The Morgan fingerprint density at radius 1 is 1.10 bits per heavy atom. The van der Waals surface area contributed by atoms with Gasteiger partial charge in [0.2, 0.25) is 11.7 Å². The summed E-state index contributed by atoms with van der Waals surface area (Å²) in [5, 5.41) is 6.15. The number of carbonyl (C=O) groups is 1. The number of nitrogens with one attached hydrogen (secondary N) is 2. The van der Waals surface area contributed by atoms with Crippen molar-refractivity contribution in [2.45, 2.75) is 25.3 Å². The summed E-state index contributed by atoms with van der Waals surface area (Å²) in [6.07, 6.45) is 2.84. The van der Waals surface area contributed by atoms with Crippen molar-refractivity contribution in [2.24, 2.45) is 0 Å². The largest absolute Gasteiger partial charge is 0.493 e. The quantitative estimate of drug-likeness (QED) is 0.866. The molecule has 1 aliphatic rings. The highest BCUT2D eigenvalue weighted by molar-refractivity contribution is 5.85. The molecule has 116 valence electrons. The molecule has 2 rings (SSSR count). The van der Waals surface area contributed by atoms with Gasteiger partial charge in [0, 0.05) is 24.4 Å². The Kier molecular flexibility index (Phi) is 5.14. The zero-order valence-electron chi connectivity index (χ0n) is 12.7. The van der Waals surface area contributed by atoms with Gasteiger partial charge in [-0.25, -0.2) is 0 Å². The van der Waals surface area contributed by atoms with Crippen LogP contribution in [-0.4, -0.2) is 39.8 Å². The maximum atomic E-state index is 12.0. The molecule has 1 saturated heterocycles. The van der Waals surface area contributed by atoms with Crippen LogP contribution in [0.25, 0.3) is 0 Å². The number of amides is 1. The average Bonchev–Trinajstić information content (AvgIpc) is 2.71. The predicted octanol–water partition coefficient (Wildman–Crippen LogP) is 1.79. The Balaban J connectivity index is 2.24. The van der Waals surface area contributed by atoms with Crippen molar-refractivity contribution in [1.29, 1.82) is 0 Å². The first-order valence-corrected chi connectivity index (χ1v) is 7.04. The van der Waals surface area contributed by atoms with Crippen LogP contribution >= 0.6 is 0 Å². The Morgan fingerprint density at radius 2 is 1.76 bits per heavy atom. The molecule has 1 aliphatic heterocycles. The second-order valence-corrected chi connectivity index (χ2v) is 4.90. The summed E-state index contributed by atoms with van der Waals surface area (Å²) in [6, 6.07) is 3.37. The molecule has 1 atom stereocenters. The van der Waals surface area contributed by atoms with Gasteiger partial charge in [-0.05, 0) is 19.3 Å². The fourth-order valence-electron chi connectivity index (χ4n) is 2.44. The summed E-state index contributed by atoms with van der Waals surface area (Å²) in [6.45, 7) is 0.742. The molecule has 1 aromatic carbocycles. The lowest BCUT2D eigenvalue weighted by Gasteiger charge is -2.19. The van der Waals surface area contributed by atoms with E-state index in [0.29, 0.717) is 17.2 Å². The number of rotatable bonds is 5. The molecule has 0 aliphatic carbocycles. The number of hydrogen-bond donors (Lipinski definition) is 2. The molecule has 1 aromatic rings. The summed E-state index contributed by atoms with van der Waals surface area (Å²) in [5.41, 5.74) is 0.770. The van der Waals surface area contributed by atoms with Crippen LogP contribution in [0.3, 0.4) is 0 Å². The second-order valence-electron chi connectivity index (χ2n) is 4.90. The van der Waals surface area contributed by atoms with Crippen LogP contribution in [0.15, 0.2) is 12.1 Å². The monoisotopic (exact) mass is 294 g/mol. The van der Waals surface area contributed by atoms with Gasteiger partial charge in [0.25, 0.3) is 0 Å². The Hall–Kier alpha value is -2.11. The fourth-order valence-corrected chi connectivity index (χ4v) is 2.44. The van der Waals surface area contributed by atoms with Crippen molar-refractivity contribution in [2.75, 3.05) is 33.2 Å². The van der Waals surface area contributed by atoms with Gasteiger partial charge in [-0.15, -0.1) is 0 Å². The van der Waals surface area contributed by atoms with Crippen molar-refractivity contribution < 1.29 is 19.0 Å². The molecule has 1 amide bonds. The van der Waals surface area contributed by atoms with E-state index in [1.807, 2.05) is 0 Å². The van der Waals surface area contributed by atoms with Crippen LogP contribution in [0.4, 0.5) is 5.69 Å². The molecule has 0 aromatic heterocycles. The average molecular weight is 294 g/mol. The van der Waals surface area contributed by atoms with Gasteiger partial charge in [-0.1, -0.05) is 0 Å². The molecule has 6 heteroatoms. The smallest absolute Gasteiger partial charge is 0.242 e. The predicted molar refractivity (Wildman–Crippen MR) is 80.4 cm³/mol. The van der Waals surface area contributed by atoms with Crippen LogP contribution in [0.2, 0.25) is 0 Å². The van der Waals surface area contributed by atoms with Gasteiger partial charge in [-0.3, -0.25) is 4.79 Å². The van der Waals surface area contributed by atoms with Crippen molar-refractivity contribution in [3.05, 3.63) is 12.1 Å². The van der Waals surface area contributed by atoms with Crippen LogP contribution in [0.5, 0.6) is 17.2 Å². The van der Waals surface area contributed by atoms with Crippen LogP contribution in [0, 0.1) is 0 Å². The van der Waals surface area contributed by atoms with E-state index in [9.17, 15) is 4.79 Å². The zero-order chi connectivity index (χ0) is 15.2. The van der Waals surface area contributed by atoms with E-state index in [4.69, 9.17) is 14.2 Å². The number of hydrogen-bond acceptors (Lipinski definition) is 5.